The van der Waals surface area contributed by atoms with Gasteiger partial charge < -0.3 is 15.0 Å². The number of amides is 2. The predicted molar refractivity (Wildman–Crippen MR) is 141 cm³/mol. The molecule has 2 atom stereocenters. The van der Waals surface area contributed by atoms with Gasteiger partial charge in [-0.25, -0.2) is 9.50 Å². The molecule has 7 rings (SSSR count). The molecule has 10 nitrogen and oxygen atoms in total. The van der Waals surface area contributed by atoms with Crippen LogP contribution in [-0.4, -0.2) is 60.3 Å². The highest BCUT2D eigenvalue weighted by atomic mass is 16.5. The van der Waals surface area contributed by atoms with Crippen molar-refractivity contribution in [2.75, 3.05) is 18.4 Å². The van der Waals surface area contributed by atoms with Crippen LogP contribution in [0.3, 0.4) is 0 Å². The van der Waals surface area contributed by atoms with Crippen molar-refractivity contribution in [1.82, 2.24) is 29.3 Å². The van der Waals surface area contributed by atoms with Crippen LogP contribution in [0.5, 0.6) is 5.75 Å². The van der Waals surface area contributed by atoms with Crippen LogP contribution in [0.4, 0.5) is 5.69 Å². The Kier molecular flexibility index (Phi) is 5.21. The van der Waals surface area contributed by atoms with Crippen LogP contribution < -0.4 is 10.1 Å². The third-order valence-corrected chi connectivity index (χ3v) is 8.48. The minimum atomic E-state index is -0.241. The molecule has 1 saturated heterocycles. The number of likely N-dealkylation sites (tertiary alicyclic amines) is 1. The molecular formula is C28H31N7O3. The van der Waals surface area contributed by atoms with Gasteiger partial charge in [0.25, 0.3) is 5.91 Å². The molecule has 3 aromatic heterocycles. The molecule has 4 heterocycles. The Morgan fingerprint density at radius 2 is 2.03 bits per heavy atom. The first-order chi connectivity index (χ1) is 18.4. The lowest BCUT2D eigenvalue weighted by atomic mass is 9.64. The van der Waals surface area contributed by atoms with E-state index in [0.29, 0.717) is 22.9 Å². The maximum Gasteiger partial charge on any atom is 0.259 e. The molecule has 2 amide bonds. The lowest BCUT2D eigenvalue weighted by Gasteiger charge is -2.55. The summed E-state index contributed by atoms with van der Waals surface area (Å²) in [5.41, 5.74) is 2.98. The molecule has 2 saturated carbocycles. The van der Waals surface area contributed by atoms with Gasteiger partial charge in [-0.3, -0.25) is 14.3 Å². The highest BCUT2D eigenvalue weighted by molar-refractivity contribution is 6.09. The largest absolute Gasteiger partial charge is 0.490 e. The Labute approximate surface area is 220 Å². The average Bonchev–Trinajstić information content (AvgIpc) is 3.46. The average molecular weight is 514 g/mol. The maximum absolute atomic E-state index is 13.5. The van der Waals surface area contributed by atoms with Gasteiger partial charge in [0.15, 0.2) is 0 Å². The molecule has 0 unspecified atom stereocenters. The summed E-state index contributed by atoms with van der Waals surface area (Å²) in [5, 5.41) is 13.1. The van der Waals surface area contributed by atoms with Crippen molar-refractivity contribution in [3.8, 4) is 5.75 Å². The SMILES string of the molecule is CC(=O)N1CC2(CC[C@@H](n3cc4cc(C(=O)Nc5cnn6cnccc56)c(OC5CC5)cc4n3)[C@H](C)C2)C1. The predicted octanol–water partition coefficient (Wildman–Crippen LogP) is 4.08. The van der Waals surface area contributed by atoms with Crippen LogP contribution >= 0.6 is 0 Å². The number of benzene rings is 1. The monoisotopic (exact) mass is 513 g/mol. The lowest BCUT2D eigenvalue weighted by Crippen LogP contribution is -2.60. The number of nitrogens with one attached hydrogen (secondary N) is 1. The van der Waals surface area contributed by atoms with Crippen molar-refractivity contribution < 1.29 is 14.3 Å². The van der Waals surface area contributed by atoms with Gasteiger partial charge in [0, 0.05) is 49.3 Å². The summed E-state index contributed by atoms with van der Waals surface area (Å²) in [6, 6.07) is 5.90. The lowest BCUT2D eigenvalue weighted by molar-refractivity contribution is -0.145. The molecule has 1 N–H and O–H groups in total. The van der Waals surface area contributed by atoms with Crippen molar-refractivity contribution >= 4 is 33.9 Å². The molecule has 2 aliphatic carbocycles. The molecule has 4 aromatic rings. The van der Waals surface area contributed by atoms with Gasteiger partial charge in [-0.05, 0) is 50.2 Å². The summed E-state index contributed by atoms with van der Waals surface area (Å²) < 4.78 is 9.89. The molecule has 0 bridgehead atoms. The number of carbonyl (C=O) groups excluding carboxylic acids is 2. The van der Waals surface area contributed by atoms with Gasteiger partial charge in [-0.1, -0.05) is 6.92 Å². The number of nitrogens with zero attached hydrogens (tertiary/aromatic N) is 6. The summed E-state index contributed by atoms with van der Waals surface area (Å²) in [6.45, 7) is 5.71. The fraction of sp³-hybridized carbons (Fsp3) is 0.464. The van der Waals surface area contributed by atoms with E-state index in [4.69, 9.17) is 9.84 Å². The van der Waals surface area contributed by atoms with E-state index in [-0.39, 0.29) is 29.4 Å². The smallest absolute Gasteiger partial charge is 0.259 e. The maximum atomic E-state index is 13.5. The Bertz CT molecular complexity index is 1560. The molecule has 3 fully saturated rings. The molecule has 3 aliphatic rings. The second-order valence-corrected chi connectivity index (χ2v) is 11.4. The number of aromatic nitrogens is 5. The minimum Gasteiger partial charge on any atom is -0.490 e. The standard InChI is InChI=1S/C28H31N7O3/c1-17-11-28(14-33(15-28)18(2)36)7-5-24(17)34-13-19-9-21(26(10-22(19)32-34)38-20-3-4-20)27(37)31-23-12-30-35-16-29-8-6-25(23)35/h6,8-10,12-13,16-17,20,24H,3-5,7,11,14-15H2,1-2H3,(H,31,37)/t17-,24-/m1/s1. The first kappa shape index (κ1) is 23.2. The third kappa shape index (κ3) is 3.99. The number of anilines is 1. The number of ether oxygens (including phenoxy) is 1. The third-order valence-electron chi connectivity index (χ3n) is 8.48. The number of rotatable bonds is 5. The van der Waals surface area contributed by atoms with Crippen LogP contribution in [0, 0.1) is 11.3 Å². The molecule has 1 aromatic carbocycles. The summed E-state index contributed by atoms with van der Waals surface area (Å²) >= 11 is 0. The van der Waals surface area contributed by atoms with Crippen LogP contribution in [-0.2, 0) is 4.79 Å². The summed E-state index contributed by atoms with van der Waals surface area (Å²) in [7, 11) is 0. The van der Waals surface area contributed by atoms with Gasteiger partial charge in [0.2, 0.25) is 5.91 Å². The zero-order valence-corrected chi connectivity index (χ0v) is 21.6. The Morgan fingerprint density at radius 3 is 2.79 bits per heavy atom. The van der Waals surface area contributed by atoms with Crippen LogP contribution in [0.25, 0.3) is 16.4 Å². The molecule has 0 radical (unpaired) electrons. The van der Waals surface area contributed by atoms with Crippen molar-refractivity contribution in [3.63, 3.8) is 0 Å². The van der Waals surface area contributed by atoms with E-state index in [9.17, 15) is 9.59 Å². The van der Waals surface area contributed by atoms with Gasteiger partial charge >= 0.3 is 0 Å². The second kappa shape index (κ2) is 8.54. The highest BCUT2D eigenvalue weighted by Crippen LogP contribution is 2.49. The van der Waals surface area contributed by atoms with Crippen molar-refractivity contribution in [3.05, 3.63) is 48.7 Å². The number of fused-ring (bicyclic) bond motifs is 2. The highest BCUT2D eigenvalue weighted by Gasteiger charge is 2.48. The summed E-state index contributed by atoms with van der Waals surface area (Å²) in [6.07, 6.45) is 12.3. The molecule has 1 spiro atoms. The van der Waals surface area contributed by atoms with E-state index in [0.717, 1.165) is 61.6 Å². The van der Waals surface area contributed by atoms with Crippen LogP contribution in [0.15, 0.2) is 43.1 Å². The Morgan fingerprint density at radius 1 is 1.18 bits per heavy atom. The first-order valence-corrected chi connectivity index (χ1v) is 13.4. The van der Waals surface area contributed by atoms with E-state index in [1.165, 1.54) is 0 Å². The van der Waals surface area contributed by atoms with Gasteiger partial charge in [0.1, 0.15) is 12.1 Å². The number of hydrogen-bond acceptors (Lipinski definition) is 6. The molecule has 196 valence electrons. The number of carbonyl (C=O) groups is 2. The topological polar surface area (TPSA) is 107 Å². The van der Waals surface area contributed by atoms with Crippen molar-refractivity contribution in [2.45, 2.75) is 58.1 Å². The molecule has 38 heavy (non-hydrogen) atoms. The quantitative estimate of drug-likeness (QED) is 0.431. The van der Waals surface area contributed by atoms with Gasteiger partial charge in [0.05, 0.1) is 40.6 Å². The fourth-order valence-electron chi connectivity index (χ4n) is 6.34. The fourth-order valence-corrected chi connectivity index (χ4v) is 6.34. The Balaban J connectivity index is 1.16. The minimum absolute atomic E-state index is 0.149. The van der Waals surface area contributed by atoms with Crippen LogP contribution in [0.2, 0.25) is 0 Å². The zero-order valence-electron chi connectivity index (χ0n) is 21.6. The normalized spacial score (nSPS) is 22.5. The van der Waals surface area contributed by atoms with Gasteiger partial charge in [-0.15, -0.1) is 0 Å². The Hall–Kier alpha value is -3.95. The van der Waals surface area contributed by atoms with E-state index in [1.54, 1.807) is 30.2 Å². The molecule has 1 aliphatic heterocycles. The zero-order chi connectivity index (χ0) is 26.0. The van der Waals surface area contributed by atoms with E-state index in [2.05, 4.69) is 33.2 Å². The van der Waals surface area contributed by atoms with Crippen LogP contribution in [0.1, 0.15) is 62.4 Å². The number of hydrogen-bond donors (Lipinski definition) is 1. The summed E-state index contributed by atoms with van der Waals surface area (Å²) in [4.78, 5) is 31.2. The first-order valence-electron chi connectivity index (χ1n) is 13.4. The van der Waals surface area contributed by atoms with E-state index >= 15 is 0 Å². The van der Waals surface area contributed by atoms with Gasteiger partial charge in [-0.2, -0.15) is 10.2 Å². The van der Waals surface area contributed by atoms with Crippen molar-refractivity contribution in [1.29, 1.82) is 0 Å². The van der Waals surface area contributed by atoms with E-state index in [1.807, 2.05) is 23.1 Å². The van der Waals surface area contributed by atoms with E-state index < -0.39 is 0 Å². The molecular weight excluding hydrogens is 482 g/mol. The molecule has 10 heteroatoms. The van der Waals surface area contributed by atoms with Crippen molar-refractivity contribution in [2.24, 2.45) is 11.3 Å². The summed E-state index contributed by atoms with van der Waals surface area (Å²) in [5.74, 6) is 0.943. The second-order valence-electron chi connectivity index (χ2n) is 11.4.